The molecular weight excluding hydrogens is 494 g/mol. The lowest BCUT2D eigenvalue weighted by Gasteiger charge is -2.48. The molecule has 0 aromatic heterocycles. The van der Waals surface area contributed by atoms with Gasteiger partial charge in [0, 0.05) is 6.07 Å². The minimum atomic E-state index is -1.16. The largest absolute Gasteiger partial charge is 0.388 e. The highest BCUT2D eigenvalue weighted by molar-refractivity contribution is 5.66. The number of ether oxygens (including phenoxy) is 3. The Morgan fingerprint density at radius 2 is 1.63 bits per heavy atom. The van der Waals surface area contributed by atoms with Crippen molar-refractivity contribution < 1.29 is 29.2 Å². The molecule has 11 nitrogen and oxygen atoms in total. The molecule has 3 aromatic rings. The molecule has 2 aliphatic heterocycles. The highest BCUT2D eigenvalue weighted by atomic mass is 16.7. The Morgan fingerprint density at radius 3 is 2.32 bits per heavy atom. The van der Waals surface area contributed by atoms with E-state index in [2.05, 4.69) is 5.32 Å². The van der Waals surface area contributed by atoms with Crippen LogP contribution in [0.3, 0.4) is 0 Å². The molecular formula is C27H27N3O8. The van der Waals surface area contributed by atoms with E-state index in [1.165, 1.54) is 6.07 Å². The van der Waals surface area contributed by atoms with Gasteiger partial charge in [0.15, 0.2) is 6.29 Å². The maximum absolute atomic E-state index is 11.7. The number of nitrogens with one attached hydrogen (secondary N) is 1. The zero-order valence-electron chi connectivity index (χ0n) is 20.3. The molecule has 2 aliphatic rings. The van der Waals surface area contributed by atoms with E-state index in [0.29, 0.717) is 12.8 Å². The molecule has 11 heteroatoms. The fourth-order valence-electron chi connectivity index (χ4n) is 4.94. The summed E-state index contributed by atoms with van der Waals surface area (Å²) in [5.41, 5.74) is 0.950. The molecule has 0 spiro atoms. The molecule has 0 saturated carbocycles. The van der Waals surface area contributed by atoms with E-state index in [4.69, 9.17) is 14.2 Å². The quantitative estimate of drug-likeness (QED) is 0.323. The Morgan fingerprint density at radius 1 is 0.921 bits per heavy atom. The third-order valence-corrected chi connectivity index (χ3v) is 6.85. The molecule has 2 N–H and O–H groups in total. The van der Waals surface area contributed by atoms with Crippen molar-refractivity contribution in [2.24, 2.45) is 0 Å². The fourth-order valence-corrected chi connectivity index (χ4v) is 4.94. The third-order valence-electron chi connectivity index (χ3n) is 6.85. The summed E-state index contributed by atoms with van der Waals surface area (Å²) in [6, 6.07) is 21.4. The van der Waals surface area contributed by atoms with Crippen LogP contribution in [0.15, 0.2) is 78.9 Å². The van der Waals surface area contributed by atoms with Crippen LogP contribution in [-0.4, -0.2) is 45.6 Å². The SMILES string of the molecule is O=[N+]([O-])c1ccc(N[C@@H]2[C@@H](OCc3ccccc3)O[C@H]3CC[C@H](c4ccccc4)O[C@H]3[C@H]2O)c([N+](=O)[O-])c1. The number of hydrogen-bond acceptors (Lipinski definition) is 9. The molecule has 0 bridgehead atoms. The van der Waals surface area contributed by atoms with Gasteiger partial charge in [-0.25, -0.2) is 0 Å². The summed E-state index contributed by atoms with van der Waals surface area (Å²) in [4.78, 5) is 21.5. The van der Waals surface area contributed by atoms with E-state index in [1.807, 2.05) is 60.7 Å². The van der Waals surface area contributed by atoms with Crippen LogP contribution in [0.25, 0.3) is 0 Å². The van der Waals surface area contributed by atoms with E-state index < -0.39 is 51.9 Å². The molecule has 6 atom stereocenters. The average Bonchev–Trinajstić information content (AvgIpc) is 2.94. The lowest BCUT2D eigenvalue weighted by atomic mass is 9.88. The van der Waals surface area contributed by atoms with Crippen LogP contribution in [-0.2, 0) is 20.8 Å². The number of nitro groups is 2. The van der Waals surface area contributed by atoms with Gasteiger partial charge in [-0.15, -0.1) is 0 Å². The van der Waals surface area contributed by atoms with Crippen molar-refractivity contribution in [2.45, 2.75) is 56.2 Å². The number of fused-ring (bicyclic) bond motifs is 1. The van der Waals surface area contributed by atoms with Crippen molar-refractivity contribution >= 4 is 17.1 Å². The smallest absolute Gasteiger partial charge is 0.299 e. The van der Waals surface area contributed by atoms with Crippen molar-refractivity contribution in [3.05, 3.63) is 110 Å². The highest BCUT2D eigenvalue weighted by Crippen LogP contribution is 2.40. The number of rotatable bonds is 8. The van der Waals surface area contributed by atoms with Crippen molar-refractivity contribution in [3.8, 4) is 0 Å². The fraction of sp³-hybridized carbons (Fsp3) is 0.333. The highest BCUT2D eigenvalue weighted by Gasteiger charge is 2.49. The van der Waals surface area contributed by atoms with Crippen LogP contribution in [0, 0.1) is 20.2 Å². The normalized spacial score (nSPS) is 26.8. The number of nitro benzene ring substituents is 2. The maximum Gasteiger partial charge on any atom is 0.299 e. The molecule has 2 saturated heterocycles. The number of aliphatic hydroxyl groups excluding tert-OH is 1. The van der Waals surface area contributed by atoms with Gasteiger partial charge in [-0.1, -0.05) is 60.7 Å². The second-order valence-electron chi connectivity index (χ2n) is 9.29. The Bertz CT molecular complexity index is 1280. The molecule has 198 valence electrons. The number of anilines is 1. The van der Waals surface area contributed by atoms with Crippen LogP contribution in [0.2, 0.25) is 0 Å². The zero-order valence-corrected chi connectivity index (χ0v) is 20.3. The molecule has 0 aliphatic carbocycles. The van der Waals surface area contributed by atoms with E-state index in [-0.39, 0.29) is 18.4 Å². The number of aliphatic hydroxyl groups is 1. The second-order valence-corrected chi connectivity index (χ2v) is 9.29. The van der Waals surface area contributed by atoms with Gasteiger partial charge in [0.25, 0.3) is 11.4 Å². The van der Waals surface area contributed by atoms with Crippen LogP contribution >= 0.6 is 0 Å². The number of hydrogen-bond donors (Lipinski definition) is 2. The number of non-ortho nitro benzene ring substituents is 1. The van der Waals surface area contributed by atoms with Gasteiger partial charge in [-0.05, 0) is 30.0 Å². The summed E-state index contributed by atoms with van der Waals surface area (Å²) in [6.07, 6.45) is -2.23. The summed E-state index contributed by atoms with van der Waals surface area (Å²) in [6.45, 7) is 0.184. The van der Waals surface area contributed by atoms with E-state index in [9.17, 15) is 25.3 Å². The van der Waals surface area contributed by atoms with Gasteiger partial charge in [-0.2, -0.15) is 0 Å². The topological polar surface area (TPSA) is 146 Å². The lowest BCUT2D eigenvalue weighted by Crippen LogP contribution is -2.62. The summed E-state index contributed by atoms with van der Waals surface area (Å²) >= 11 is 0. The molecule has 2 heterocycles. The minimum Gasteiger partial charge on any atom is -0.388 e. The average molecular weight is 522 g/mol. The van der Waals surface area contributed by atoms with Gasteiger partial charge in [-0.3, -0.25) is 20.2 Å². The van der Waals surface area contributed by atoms with Crippen molar-refractivity contribution in [3.63, 3.8) is 0 Å². The Kier molecular flexibility index (Phi) is 7.61. The summed E-state index contributed by atoms with van der Waals surface area (Å²) in [7, 11) is 0. The first-order chi connectivity index (χ1) is 18.4. The first-order valence-electron chi connectivity index (χ1n) is 12.3. The zero-order chi connectivity index (χ0) is 26.6. The van der Waals surface area contributed by atoms with Crippen molar-refractivity contribution in [1.29, 1.82) is 0 Å². The molecule has 3 aromatic carbocycles. The monoisotopic (exact) mass is 521 g/mol. The van der Waals surface area contributed by atoms with E-state index in [0.717, 1.165) is 23.3 Å². The van der Waals surface area contributed by atoms with Gasteiger partial charge >= 0.3 is 0 Å². The molecule has 5 rings (SSSR count). The summed E-state index contributed by atoms with van der Waals surface area (Å²) in [5, 5.41) is 37.4. The Balaban J connectivity index is 1.42. The van der Waals surface area contributed by atoms with Crippen LogP contribution in [0.1, 0.15) is 30.1 Å². The summed E-state index contributed by atoms with van der Waals surface area (Å²) in [5.74, 6) is 0. The predicted octanol–water partition coefficient (Wildman–Crippen LogP) is 4.51. The van der Waals surface area contributed by atoms with Gasteiger partial charge in [0.2, 0.25) is 0 Å². The van der Waals surface area contributed by atoms with Gasteiger partial charge in [0.1, 0.15) is 23.9 Å². The van der Waals surface area contributed by atoms with Gasteiger partial charge in [0.05, 0.1) is 34.7 Å². The van der Waals surface area contributed by atoms with E-state index >= 15 is 0 Å². The predicted molar refractivity (Wildman–Crippen MR) is 136 cm³/mol. The first kappa shape index (κ1) is 25.7. The van der Waals surface area contributed by atoms with E-state index in [1.54, 1.807) is 0 Å². The van der Waals surface area contributed by atoms with Crippen molar-refractivity contribution in [2.75, 3.05) is 5.32 Å². The lowest BCUT2D eigenvalue weighted by molar-refractivity contribution is -0.393. The standard InChI is InChI=1S/C27H27N3O8/c31-25-24(28-20-12-11-19(29(32)33)15-21(20)30(34)35)27(36-16-17-7-3-1-4-8-17)38-23-14-13-22(37-26(23)25)18-9-5-2-6-10-18/h1-12,15,22-28,31H,13-14,16H2/t22-,23+,24+,25+,26-,27+/m1/s1. The van der Waals surface area contributed by atoms with Gasteiger partial charge < -0.3 is 24.6 Å². The molecule has 0 unspecified atom stereocenters. The van der Waals surface area contributed by atoms with Crippen LogP contribution in [0.4, 0.5) is 17.1 Å². The van der Waals surface area contributed by atoms with Crippen molar-refractivity contribution in [1.82, 2.24) is 0 Å². The molecule has 38 heavy (non-hydrogen) atoms. The summed E-state index contributed by atoms with van der Waals surface area (Å²) < 4.78 is 18.6. The second kappa shape index (κ2) is 11.2. The maximum atomic E-state index is 11.7. The van der Waals surface area contributed by atoms with Crippen LogP contribution < -0.4 is 5.32 Å². The molecule has 0 amide bonds. The molecule has 2 fully saturated rings. The first-order valence-corrected chi connectivity index (χ1v) is 12.3. The number of benzene rings is 3. The Hall–Kier alpha value is -3.90. The minimum absolute atomic E-state index is 0.00423. The molecule has 0 radical (unpaired) electrons. The van der Waals surface area contributed by atoms with Crippen LogP contribution in [0.5, 0.6) is 0 Å². The third kappa shape index (κ3) is 5.50. The Labute approximate surface area is 218 Å². The number of nitrogens with zero attached hydrogens (tertiary/aromatic N) is 2.